The maximum Gasteiger partial charge on any atom is 0.00697 e. The highest BCUT2D eigenvalue weighted by atomic mass is 14.9. The molecule has 102 valence electrons. The second-order valence-corrected chi connectivity index (χ2v) is 5.86. The molecule has 0 aliphatic heterocycles. The molecular weight excluding hydrogens is 206 g/mol. The summed E-state index contributed by atoms with van der Waals surface area (Å²) in [5.74, 6) is 1.01. The van der Waals surface area contributed by atoms with E-state index in [4.69, 9.17) is 0 Å². The Labute approximate surface area is 109 Å². The third kappa shape index (κ3) is 7.08. The Morgan fingerprint density at radius 1 is 0.941 bits per heavy atom. The Balaban J connectivity index is 1.91. The Kier molecular flexibility index (Phi) is 8.78. The molecule has 0 amide bonds. The van der Waals surface area contributed by atoms with Gasteiger partial charge in [0, 0.05) is 6.04 Å². The van der Waals surface area contributed by atoms with Gasteiger partial charge < -0.3 is 5.32 Å². The quantitative estimate of drug-likeness (QED) is 0.564. The predicted octanol–water partition coefficient (Wildman–Crippen LogP) is 4.91. The molecule has 1 saturated carbocycles. The summed E-state index contributed by atoms with van der Waals surface area (Å²) >= 11 is 0. The van der Waals surface area contributed by atoms with Gasteiger partial charge in [0.05, 0.1) is 0 Å². The van der Waals surface area contributed by atoms with Crippen LogP contribution in [0.15, 0.2) is 0 Å². The maximum atomic E-state index is 3.78. The lowest BCUT2D eigenvalue weighted by atomic mass is 9.84. The molecular formula is C16H33N. The van der Waals surface area contributed by atoms with Gasteiger partial charge in [-0.2, -0.15) is 0 Å². The van der Waals surface area contributed by atoms with Crippen LogP contribution < -0.4 is 5.32 Å². The van der Waals surface area contributed by atoms with Crippen molar-refractivity contribution in [3.8, 4) is 0 Å². The Morgan fingerprint density at radius 2 is 1.71 bits per heavy atom. The lowest BCUT2D eigenvalue weighted by Gasteiger charge is -2.29. The average Bonchev–Trinajstić information content (AvgIpc) is 2.38. The van der Waals surface area contributed by atoms with Crippen molar-refractivity contribution in [2.45, 2.75) is 90.5 Å². The van der Waals surface area contributed by atoms with Crippen molar-refractivity contribution in [3.05, 3.63) is 0 Å². The molecule has 0 radical (unpaired) electrons. The molecule has 0 bridgehead atoms. The van der Waals surface area contributed by atoms with E-state index >= 15 is 0 Å². The van der Waals surface area contributed by atoms with Crippen LogP contribution in [-0.2, 0) is 0 Å². The van der Waals surface area contributed by atoms with E-state index in [-0.39, 0.29) is 0 Å². The number of unbranched alkanes of at least 4 members (excludes halogenated alkanes) is 5. The van der Waals surface area contributed by atoms with Crippen molar-refractivity contribution >= 4 is 0 Å². The fourth-order valence-electron chi connectivity index (χ4n) is 3.06. The molecule has 1 aliphatic rings. The van der Waals surface area contributed by atoms with Crippen LogP contribution in [0.5, 0.6) is 0 Å². The first-order valence-electron chi connectivity index (χ1n) is 8.10. The number of nitrogens with one attached hydrogen (secondary N) is 1. The van der Waals surface area contributed by atoms with Gasteiger partial charge in [-0.05, 0) is 31.7 Å². The summed E-state index contributed by atoms with van der Waals surface area (Å²) in [5, 5.41) is 3.78. The molecule has 2 unspecified atom stereocenters. The monoisotopic (exact) mass is 239 g/mol. The third-order valence-corrected chi connectivity index (χ3v) is 4.32. The van der Waals surface area contributed by atoms with Gasteiger partial charge in [-0.25, -0.2) is 0 Å². The SMILES string of the molecule is CCCCCCCCNC1CCCC(CC)C1. The number of hydrogen-bond acceptors (Lipinski definition) is 1. The lowest BCUT2D eigenvalue weighted by Crippen LogP contribution is -2.34. The highest BCUT2D eigenvalue weighted by Gasteiger charge is 2.19. The normalized spacial score (nSPS) is 25.1. The van der Waals surface area contributed by atoms with Crippen LogP contribution in [0.2, 0.25) is 0 Å². The van der Waals surface area contributed by atoms with E-state index in [1.54, 1.807) is 0 Å². The smallest absolute Gasteiger partial charge is 0.00697 e. The summed E-state index contributed by atoms with van der Waals surface area (Å²) < 4.78 is 0. The van der Waals surface area contributed by atoms with E-state index in [2.05, 4.69) is 19.2 Å². The minimum Gasteiger partial charge on any atom is -0.314 e. The number of rotatable bonds is 9. The molecule has 0 aromatic carbocycles. The van der Waals surface area contributed by atoms with E-state index in [0.29, 0.717) is 0 Å². The van der Waals surface area contributed by atoms with Crippen LogP contribution in [0.1, 0.15) is 84.5 Å². The van der Waals surface area contributed by atoms with Crippen LogP contribution in [0.25, 0.3) is 0 Å². The topological polar surface area (TPSA) is 12.0 Å². The standard InChI is InChI=1S/C16H33N/c1-3-5-6-7-8-9-13-17-16-12-10-11-15(4-2)14-16/h15-17H,3-14H2,1-2H3. The molecule has 1 nitrogen and oxygen atoms in total. The van der Waals surface area contributed by atoms with Gasteiger partial charge in [0.2, 0.25) is 0 Å². The van der Waals surface area contributed by atoms with E-state index < -0.39 is 0 Å². The Morgan fingerprint density at radius 3 is 2.47 bits per heavy atom. The zero-order valence-corrected chi connectivity index (χ0v) is 12.1. The molecule has 17 heavy (non-hydrogen) atoms. The summed E-state index contributed by atoms with van der Waals surface area (Å²) in [4.78, 5) is 0. The van der Waals surface area contributed by atoms with Gasteiger partial charge in [0.15, 0.2) is 0 Å². The van der Waals surface area contributed by atoms with E-state index in [9.17, 15) is 0 Å². The highest BCUT2D eigenvalue weighted by Crippen LogP contribution is 2.26. The van der Waals surface area contributed by atoms with Crippen LogP contribution in [0, 0.1) is 5.92 Å². The van der Waals surface area contributed by atoms with Gasteiger partial charge in [-0.1, -0.05) is 65.2 Å². The molecule has 1 aliphatic carbocycles. The van der Waals surface area contributed by atoms with Crippen molar-refractivity contribution in [1.29, 1.82) is 0 Å². The second kappa shape index (κ2) is 9.94. The van der Waals surface area contributed by atoms with Gasteiger partial charge in [0.25, 0.3) is 0 Å². The molecule has 2 atom stereocenters. The largest absolute Gasteiger partial charge is 0.314 e. The minimum atomic E-state index is 0.837. The fraction of sp³-hybridized carbons (Fsp3) is 1.00. The fourth-order valence-corrected chi connectivity index (χ4v) is 3.06. The molecule has 1 rings (SSSR count). The highest BCUT2D eigenvalue weighted by molar-refractivity contribution is 4.77. The van der Waals surface area contributed by atoms with E-state index in [1.165, 1.54) is 77.2 Å². The van der Waals surface area contributed by atoms with Crippen molar-refractivity contribution < 1.29 is 0 Å². The molecule has 0 aromatic heterocycles. The second-order valence-electron chi connectivity index (χ2n) is 5.86. The summed E-state index contributed by atoms with van der Waals surface area (Å²) in [6.45, 7) is 5.89. The zero-order chi connectivity index (χ0) is 12.3. The molecule has 1 heteroatoms. The minimum absolute atomic E-state index is 0.837. The van der Waals surface area contributed by atoms with Crippen LogP contribution in [0.4, 0.5) is 0 Å². The van der Waals surface area contributed by atoms with Crippen molar-refractivity contribution in [1.82, 2.24) is 5.32 Å². The molecule has 1 N–H and O–H groups in total. The van der Waals surface area contributed by atoms with Gasteiger partial charge in [0.1, 0.15) is 0 Å². The molecule has 0 aromatic rings. The number of hydrogen-bond donors (Lipinski definition) is 1. The van der Waals surface area contributed by atoms with E-state index in [0.717, 1.165) is 12.0 Å². The van der Waals surface area contributed by atoms with Gasteiger partial charge in [-0.3, -0.25) is 0 Å². The summed E-state index contributed by atoms with van der Waals surface area (Å²) in [7, 11) is 0. The third-order valence-electron chi connectivity index (χ3n) is 4.32. The molecule has 0 spiro atoms. The average molecular weight is 239 g/mol. The lowest BCUT2D eigenvalue weighted by molar-refractivity contribution is 0.278. The first kappa shape index (κ1) is 15.0. The van der Waals surface area contributed by atoms with E-state index in [1.807, 2.05) is 0 Å². The summed E-state index contributed by atoms with van der Waals surface area (Å²) in [5.41, 5.74) is 0. The zero-order valence-electron chi connectivity index (χ0n) is 12.1. The predicted molar refractivity (Wildman–Crippen MR) is 77.4 cm³/mol. The van der Waals surface area contributed by atoms with Crippen LogP contribution >= 0.6 is 0 Å². The Bertz CT molecular complexity index is 167. The summed E-state index contributed by atoms with van der Waals surface area (Å²) in [6.07, 6.45) is 15.7. The van der Waals surface area contributed by atoms with Gasteiger partial charge >= 0.3 is 0 Å². The maximum absolute atomic E-state index is 3.78. The first-order chi connectivity index (χ1) is 8.36. The van der Waals surface area contributed by atoms with Gasteiger partial charge in [-0.15, -0.1) is 0 Å². The van der Waals surface area contributed by atoms with Crippen molar-refractivity contribution in [2.75, 3.05) is 6.54 Å². The molecule has 1 fully saturated rings. The Hall–Kier alpha value is -0.0400. The summed E-state index contributed by atoms with van der Waals surface area (Å²) in [6, 6.07) is 0.837. The first-order valence-corrected chi connectivity index (χ1v) is 8.10. The van der Waals surface area contributed by atoms with Crippen LogP contribution in [-0.4, -0.2) is 12.6 Å². The van der Waals surface area contributed by atoms with Crippen LogP contribution in [0.3, 0.4) is 0 Å². The van der Waals surface area contributed by atoms with Crippen molar-refractivity contribution in [2.24, 2.45) is 5.92 Å². The molecule has 0 heterocycles. The van der Waals surface area contributed by atoms with Crippen molar-refractivity contribution in [3.63, 3.8) is 0 Å². The molecule has 0 saturated heterocycles.